The molecule has 0 saturated carbocycles. The molecule has 0 aliphatic rings. The zero-order valence-electron chi connectivity index (χ0n) is 13.6. The summed E-state index contributed by atoms with van der Waals surface area (Å²) in [5.74, 6) is 1.37. The van der Waals surface area contributed by atoms with Crippen molar-refractivity contribution in [2.75, 3.05) is 28.4 Å². The zero-order valence-corrected chi connectivity index (χ0v) is 15.7. The van der Waals surface area contributed by atoms with Gasteiger partial charge in [0.25, 0.3) is 0 Å². The van der Waals surface area contributed by atoms with Gasteiger partial charge in [-0.3, -0.25) is 0 Å². The molecule has 0 bridgehead atoms. The average Bonchev–Trinajstić information content (AvgIpc) is 2.60. The van der Waals surface area contributed by atoms with Crippen molar-refractivity contribution >= 4 is 26.0 Å². The van der Waals surface area contributed by atoms with E-state index < -0.39 is 15.7 Å². The Bertz CT molecular complexity index is 651. The molecule has 2 aromatic carbocycles. The molecule has 0 spiro atoms. The molecule has 0 aliphatic carbocycles. The summed E-state index contributed by atoms with van der Waals surface area (Å²) in [5.41, 5.74) is 0.515. The third-order valence-electron chi connectivity index (χ3n) is 3.29. The molecule has 0 atom stereocenters. The van der Waals surface area contributed by atoms with Gasteiger partial charge in [0, 0.05) is 0 Å². The number of rotatable bonds is 6. The van der Waals surface area contributed by atoms with Crippen LogP contribution in [-0.2, 0) is 0 Å². The van der Waals surface area contributed by atoms with Crippen LogP contribution in [0.3, 0.4) is 0 Å². The van der Waals surface area contributed by atoms with Gasteiger partial charge in [-0.1, -0.05) is 0 Å². The van der Waals surface area contributed by atoms with Crippen LogP contribution in [-0.4, -0.2) is 53.8 Å². The van der Waals surface area contributed by atoms with Crippen LogP contribution in [0.2, 0.25) is 0 Å². The molecule has 0 aliphatic heterocycles. The van der Waals surface area contributed by atoms with Gasteiger partial charge in [0.05, 0.1) is 0 Å². The fourth-order valence-electron chi connectivity index (χ4n) is 2.16. The summed E-state index contributed by atoms with van der Waals surface area (Å²) in [5, 5.41) is 0. The Morgan fingerprint density at radius 2 is 1.52 bits per heavy atom. The van der Waals surface area contributed by atoms with Gasteiger partial charge in [0.2, 0.25) is 0 Å². The number of benzene rings is 2. The Balaban J connectivity index is 2.28. The van der Waals surface area contributed by atoms with E-state index in [9.17, 15) is 4.79 Å². The summed E-state index contributed by atoms with van der Waals surface area (Å²) >= 11 is -0.721. The molecule has 0 aromatic heterocycles. The first-order valence-corrected chi connectivity index (χ1v) is 8.99. The number of carbonyl (C=O) groups is 1. The molecule has 23 heavy (non-hydrogen) atoms. The monoisotopic (exact) mass is 375 g/mol. The van der Waals surface area contributed by atoms with E-state index in [2.05, 4.69) is 0 Å². The van der Waals surface area contributed by atoms with Gasteiger partial charge in [-0.2, -0.15) is 0 Å². The molecular weight excluding hydrogens is 355 g/mol. The van der Waals surface area contributed by atoms with Gasteiger partial charge in [-0.15, -0.1) is 0 Å². The van der Waals surface area contributed by atoms with Crippen LogP contribution in [0.25, 0.3) is 0 Å². The maximum atomic E-state index is 12.7. The first-order valence-electron chi connectivity index (χ1n) is 7.00. The van der Waals surface area contributed by atoms with Crippen molar-refractivity contribution in [1.29, 1.82) is 0 Å². The summed E-state index contributed by atoms with van der Waals surface area (Å²) in [4.78, 5) is 12.7. The first-order chi connectivity index (χ1) is 11.1. The van der Waals surface area contributed by atoms with Crippen molar-refractivity contribution in [2.24, 2.45) is 0 Å². The predicted octanol–water partition coefficient (Wildman–Crippen LogP) is 1.73. The summed E-state index contributed by atoms with van der Waals surface area (Å²) in [7, 11) is 6.42. The third kappa shape index (κ3) is 3.98. The normalized spacial score (nSPS) is 10.1. The first kappa shape index (κ1) is 17.2. The minimum atomic E-state index is -0.721. The molecule has 120 valence electrons. The standard InChI is InChI=1S/C17H19GeNO4/c1-19(18-13-8-6-5-7-9-13)17(20)12-10-14(21-2)16(23-4)15(11-12)22-3/h5-11H,1-4H3. The van der Waals surface area contributed by atoms with Gasteiger partial charge >= 0.3 is 142 Å². The van der Waals surface area contributed by atoms with E-state index in [1.165, 1.54) is 25.7 Å². The molecule has 2 aromatic rings. The molecule has 0 unspecified atom stereocenters. The van der Waals surface area contributed by atoms with Gasteiger partial charge in [-0.25, -0.2) is 0 Å². The number of nitrogens with zero attached hydrogens (tertiary/aromatic N) is 1. The van der Waals surface area contributed by atoms with Crippen LogP contribution in [0.15, 0.2) is 42.5 Å². The fourth-order valence-corrected chi connectivity index (χ4v) is 4.17. The molecule has 2 rings (SSSR count). The Kier molecular flexibility index (Phi) is 5.92. The summed E-state index contributed by atoms with van der Waals surface area (Å²) in [6, 6.07) is 13.4. The Labute approximate surface area is 142 Å². The fraction of sp³-hybridized carbons (Fsp3) is 0.235. The second kappa shape index (κ2) is 7.92. The molecule has 0 fully saturated rings. The van der Waals surface area contributed by atoms with Gasteiger partial charge in [0.15, 0.2) is 0 Å². The van der Waals surface area contributed by atoms with E-state index >= 15 is 0 Å². The topological polar surface area (TPSA) is 48.0 Å². The van der Waals surface area contributed by atoms with Crippen molar-refractivity contribution in [2.45, 2.75) is 0 Å². The van der Waals surface area contributed by atoms with E-state index in [0.717, 1.165) is 0 Å². The van der Waals surface area contributed by atoms with E-state index in [1.54, 1.807) is 16.0 Å². The van der Waals surface area contributed by atoms with E-state index in [4.69, 9.17) is 14.2 Å². The average molecular weight is 374 g/mol. The molecule has 0 heterocycles. The second-order valence-corrected chi connectivity index (χ2v) is 7.84. The molecule has 6 heteroatoms. The Morgan fingerprint density at radius 3 is 2.00 bits per heavy atom. The number of amides is 1. The summed E-state index contributed by atoms with van der Waals surface area (Å²) < 4.78 is 18.9. The van der Waals surface area contributed by atoms with Crippen molar-refractivity contribution < 1.29 is 19.0 Å². The SMILES string of the molecule is COc1cc(C(=O)[N](C)[Ge][c]2ccccc2)cc(OC)c1OC. The number of methoxy groups -OCH3 is 3. The minimum absolute atomic E-state index is 0.0619. The molecule has 5 nitrogen and oxygen atoms in total. The van der Waals surface area contributed by atoms with Crippen LogP contribution in [0, 0.1) is 0 Å². The number of hydrogen-bond donors (Lipinski definition) is 0. The van der Waals surface area contributed by atoms with Crippen molar-refractivity contribution in [3.63, 3.8) is 0 Å². The summed E-state index contributed by atoms with van der Waals surface area (Å²) in [6.07, 6.45) is 0. The van der Waals surface area contributed by atoms with Crippen molar-refractivity contribution in [3.05, 3.63) is 48.0 Å². The van der Waals surface area contributed by atoms with Crippen molar-refractivity contribution in [3.8, 4) is 17.2 Å². The number of ether oxygens (including phenoxy) is 3. The van der Waals surface area contributed by atoms with Gasteiger partial charge in [0.1, 0.15) is 0 Å². The van der Waals surface area contributed by atoms with Crippen LogP contribution in [0.4, 0.5) is 0 Å². The molecule has 0 N–H and O–H groups in total. The second-order valence-electron chi connectivity index (χ2n) is 4.76. The van der Waals surface area contributed by atoms with Crippen molar-refractivity contribution in [1.82, 2.24) is 3.86 Å². The van der Waals surface area contributed by atoms with Crippen LogP contribution < -0.4 is 18.6 Å². The molecular formula is C17H19GeNO4. The maximum absolute atomic E-state index is 12.7. The van der Waals surface area contributed by atoms with Crippen LogP contribution >= 0.6 is 0 Å². The van der Waals surface area contributed by atoms with Crippen LogP contribution in [0.5, 0.6) is 17.2 Å². The Morgan fingerprint density at radius 1 is 0.957 bits per heavy atom. The van der Waals surface area contributed by atoms with E-state index in [0.29, 0.717) is 22.8 Å². The number of hydrogen-bond acceptors (Lipinski definition) is 4. The molecule has 0 saturated heterocycles. The quantitative estimate of drug-likeness (QED) is 0.723. The van der Waals surface area contributed by atoms with Crippen LogP contribution in [0.1, 0.15) is 10.4 Å². The Hall–Kier alpha value is -2.15. The third-order valence-corrected chi connectivity index (χ3v) is 5.66. The molecule has 2 radical (unpaired) electrons. The summed E-state index contributed by atoms with van der Waals surface area (Å²) in [6.45, 7) is 0. The molecule has 1 amide bonds. The van der Waals surface area contributed by atoms with E-state index in [-0.39, 0.29) is 5.91 Å². The predicted molar refractivity (Wildman–Crippen MR) is 90.0 cm³/mol. The van der Waals surface area contributed by atoms with Gasteiger partial charge in [-0.05, 0) is 0 Å². The van der Waals surface area contributed by atoms with E-state index in [1.807, 2.05) is 37.4 Å². The zero-order chi connectivity index (χ0) is 16.8. The number of carbonyl (C=O) groups excluding carboxylic acids is 1. The van der Waals surface area contributed by atoms with Gasteiger partial charge < -0.3 is 0 Å².